The van der Waals surface area contributed by atoms with Crippen molar-refractivity contribution in [1.29, 1.82) is 0 Å². The molecule has 1 aromatic carbocycles. The number of carbonyl (C=O) groups is 1. The summed E-state index contributed by atoms with van der Waals surface area (Å²) < 4.78 is 5.71. The highest BCUT2D eigenvalue weighted by molar-refractivity contribution is 14.0. The number of rotatable bonds is 6. The maximum atomic E-state index is 12.8. The van der Waals surface area contributed by atoms with Crippen LogP contribution in [0.1, 0.15) is 63.0 Å². The van der Waals surface area contributed by atoms with E-state index in [1.165, 1.54) is 24.0 Å². The van der Waals surface area contributed by atoms with Crippen molar-refractivity contribution in [2.45, 2.75) is 70.3 Å². The van der Waals surface area contributed by atoms with Crippen molar-refractivity contribution in [3.8, 4) is 0 Å². The molecule has 1 aromatic rings. The van der Waals surface area contributed by atoms with E-state index in [1.54, 1.807) is 0 Å². The predicted octanol–water partition coefficient (Wildman–Crippen LogP) is 4.01. The zero-order chi connectivity index (χ0) is 22.4. The number of ether oxygens (including phenoxy) is 1. The Morgan fingerprint density at radius 1 is 1.18 bits per heavy atom. The number of hydrogen-bond acceptors (Lipinski definition) is 3. The van der Waals surface area contributed by atoms with Crippen molar-refractivity contribution < 1.29 is 9.53 Å². The van der Waals surface area contributed by atoms with Crippen LogP contribution in [0.4, 0.5) is 0 Å². The highest BCUT2D eigenvalue weighted by Crippen LogP contribution is 2.37. The lowest BCUT2D eigenvalue weighted by Crippen LogP contribution is -2.46. The van der Waals surface area contributed by atoms with Crippen LogP contribution < -0.4 is 10.6 Å². The largest absolute Gasteiger partial charge is 0.381 e. The number of likely N-dealkylation sites (tertiary alicyclic amines) is 1. The number of halogens is 1. The molecular weight excluding hydrogens is 527 g/mol. The minimum Gasteiger partial charge on any atom is -0.381 e. The molecule has 184 valence electrons. The average molecular weight is 569 g/mol. The van der Waals surface area contributed by atoms with E-state index >= 15 is 0 Å². The van der Waals surface area contributed by atoms with E-state index in [-0.39, 0.29) is 41.4 Å². The van der Waals surface area contributed by atoms with Gasteiger partial charge in [-0.05, 0) is 57.1 Å². The predicted molar refractivity (Wildman–Crippen MR) is 144 cm³/mol. The molecule has 6 nitrogen and oxygen atoms in total. The molecule has 7 heteroatoms. The first-order valence-electron chi connectivity index (χ1n) is 12.6. The minimum atomic E-state index is 0. The molecule has 0 aromatic heterocycles. The zero-order valence-corrected chi connectivity index (χ0v) is 22.6. The van der Waals surface area contributed by atoms with Gasteiger partial charge >= 0.3 is 0 Å². The van der Waals surface area contributed by atoms with Crippen LogP contribution in [0.15, 0.2) is 29.3 Å². The molecule has 1 aliphatic carbocycles. The average Bonchev–Trinajstić information content (AvgIpc) is 3.51. The summed E-state index contributed by atoms with van der Waals surface area (Å²) in [5.41, 5.74) is 2.75. The zero-order valence-electron chi connectivity index (χ0n) is 20.3. The molecule has 1 amide bonds. The van der Waals surface area contributed by atoms with Crippen LogP contribution in [0.25, 0.3) is 0 Å². The minimum absolute atomic E-state index is 0. The Morgan fingerprint density at radius 3 is 2.61 bits per heavy atom. The van der Waals surface area contributed by atoms with Crippen LogP contribution in [0.3, 0.4) is 0 Å². The van der Waals surface area contributed by atoms with Crippen LogP contribution in [-0.4, -0.2) is 62.2 Å². The summed E-state index contributed by atoms with van der Waals surface area (Å²) in [6.07, 6.45) is 7.53. The SMILES string of the molecule is CCNC(=NCC1(c2ccccc2C)CCOCC1)NC1CCN(C(=O)C2CCCC2)C1.I. The molecule has 2 heterocycles. The summed E-state index contributed by atoms with van der Waals surface area (Å²) in [4.78, 5) is 20.0. The highest BCUT2D eigenvalue weighted by Gasteiger charge is 2.36. The topological polar surface area (TPSA) is 66.0 Å². The number of carbonyl (C=O) groups excluding carboxylic acids is 1. The van der Waals surface area contributed by atoms with Gasteiger partial charge in [0.1, 0.15) is 0 Å². The third-order valence-corrected chi connectivity index (χ3v) is 7.60. The summed E-state index contributed by atoms with van der Waals surface area (Å²) in [6, 6.07) is 8.98. The molecule has 1 saturated carbocycles. The van der Waals surface area contributed by atoms with Gasteiger partial charge in [0.25, 0.3) is 0 Å². The van der Waals surface area contributed by atoms with Crippen molar-refractivity contribution in [3.63, 3.8) is 0 Å². The standard InChI is InChI=1S/C26H40N4O2.HI/c1-3-27-25(29-22-12-15-30(18-22)24(31)21-9-5-6-10-21)28-19-26(13-16-32-17-14-26)23-11-7-4-8-20(23)2;/h4,7-8,11,21-22H,3,5-6,9-10,12-19H2,1-2H3,(H2,27,28,29);1H. The lowest BCUT2D eigenvalue weighted by molar-refractivity contribution is -0.134. The van der Waals surface area contributed by atoms with Gasteiger partial charge in [0.15, 0.2) is 5.96 Å². The van der Waals surface area contributed by atoms with Crippen molar-refractivity contribution >= 4 is 35.8 Å². The Morgan fingerprint density at radius 2 is 1.91 bits per heavy atom. The van der Waals surface area contributed by atoms with Gasteiger partial charge in [-0.25, -0.2) is 0 Å². The molecule has 0 bridgehead atoms. The van der Waals surface area contributed by atoms with Gasteiger partial charge in [-0.3, -0.25) is 9.79 Å². The monoisotopic (exact) mass is 568 g/mol. The summed E-state index contributed by atoms with van der Waals surface area (Å²) in [7, 11) is 0. The van der Waals surface area contributed by atoms with Crippen LogP contribution in [0.2, 0.25) is 0 Å². The molecule has 33 heavy (non-hydrogen) atoms. The maximum Gasteiger partial charge on any atom is 0.225 e. The second kappa shape index (κ2) is 12.4. The highest BCUT2D eigenvalue weighted by atomic mass is 127. The summed E-state index contributed by atoms with van der Waals surface area (Å²) >= 11 is 0. The van der Waals surface area contributed by atoms with Gasteiger partial charge in [-0.15, -0.1) is 24.0 Å². The molecule has 3 fully saturated rings. The Hall–Kier alpha value is -1.35. The summed E-state index contributed by atoms with van der Waals surface area (Å²) in [5.74, 6) is 1.50. The Bertz CT molecular complexity index is 803. The van der Waals surface area contributed by atoms with Crippen LogP contribution in [0, 0.1) is 12.8 Å². The third kappa shape index (κ3) is 6.41. The number of aliphatic imine (C=N–C) groups is 1. The fourth-order valence-corrected chi connectivity index (χ4v) is 5.70. The van der Waals surface area contributed by atoms with E-state index in [4.69, 9.17) is 9.73 Å². The van der Waals surface area contributed by atoms with E-state index < -0.39 is 0 Å². The van der Waals surface area contributed by atoms with E-state index in [0.717, 1.165) is 77.5 Å². The van der Waals surface area contributed by atoms with Crippen molar-refractivity contribution in [2.24, 2.45) is 10.9 Å². The van der Waals surface area contributed by atoms with Crippen molar-refractivity contribution in [3.05, 3.63) is 35.4 Å². The smallest absolute Gasteiger partial charge is 0.225 e. The normalized spacial score (nSPS) is 23.3. The van der Waals surface area contributed by atoms with E-state index in [2.05, 4.69) is 53.6 Å². The molecule has 2 aliphatic heterocycles. The number of hydrogen-bond donors (Lipinski definition) is 2. The van der Waals surface area contributed by atoms with Crippen molar-refractivity contribution in [1.82, 2.24) is 15.5 Å². The Labute approximate surface area is 216 Å². The maximum absolute atomic E-state index is 12.8. The molecule has 0 radical (unpaired) electrons. The first-order valence-corrected chi connectivity index (χ1v) is 12.6. The number of amides is 1. The first-order chi connectivity index (χ1) is 15.6. The van der Waals surface area contributed by atoms with Gasteiger partial charge in [-0.1, -0.05) is 37.1 Å². The van der Waals surface area contributed by atoms with Crippen LogP contribution in [0.5, 0.6) is 0 Å². The molecule has 4 rings (SSSR count). The van der Waals surface area contributed by atoms with Crippen LogP contribution >= 0.6 is 24.0 Å². The number of guanidine groups is 1. The number of nitrogens with zero attached hydrogens (tertiary/aromatic N) is 2. The lowest BCUT2D eigenvalue weighted by atomic mass is 9.72. The van der Waals surface area contributed by atoms with E-state index in [1.807, 2.05) is 0 Å². The summed E-state index contributed by atoms with van der Waals surface area (Å²) in [5, 5.41) is 7.06. The second-order valence-electron chi connectivity index (χ2n) is 9.80. The quantitative estimate of drug-likeness (QED) is 0.310. The molecule has 1 atom stereocenters. The third-order valence-electron chi connectivity index (χ3n) is 7.60. The van der Waals surface area contributed by atoms with E-state index in [9.17, 15) is 4.79 Å². The molecule has 1 unspecified atom stereocenters. The molecule has 3 aliphatic rings. The van der Waals surface area contributed by atoms with Gasteiger partial charge in [0, 0.05) is 50.2 Å². The molecule has 0 spiro atoms. The molecule has 2 N–H and O–H groups in total. The molecular formula is C26H41IN4O2. The molecule has 2 saturated heterocycles. The summed E-state index contributed by atoms with van der Waals surface area (Å²) in [6.45, 7) is 9.09. The number of benzene rings is 1. The van der Waals surface area contributed by atoms with Gasteiger partial charge in [-0.2, -0.15) is 0 Å². The van der Waals surface area contributed by atoms with Crippen LogP contribution in [-0.2, 0) is 14.9 Å². The van der Waals surface area contributed by atoms with Crippen molar-refractivity contribution in [2.75, 3.05) is 39.4 Å². The fourth-order valence-electron chi connectivity index (χ4n) is 5.70. The fraction of sp³-hybridized carbons (Fsp3) is 0.692. The lowest BCUT2D eigenvalue weighted by Gasteiger charge is -2.37. The number of nitrogens with one attached hydrogen (secondary N) is 2. The van der Waals surface area contributed by atoms with Gasteiger partial charge in [0.2, 0.25) is 5.91 Å². The second-order valence-corrected chi connectivity index (χ2v) is 9.80. The van der Waals surface area contributed by atoms with Gasteiger partial charge in [0.05, 0.1) is 6.54 Å². The Kier molecular flexibility index (Phi) is 9.85. The Balaban J connectivity index is 0.00000306. The van der Waals surface area contributed by atoms with E-state index in [0.29, 0.717) is 5.91 Å². The van der Waals surface area contributed by atoms with Gasteiger partial charge < -0.3 is 20.3 Å². The number of aryl methyl sites for hydroxylation is 1. The first kappa shape index (κ1) is 26.3.